The van der Waals surface area contributed by atoms with E-state index in [4.69, 9.17) is 15.0 Å². The second-order valence-electron chi connectivity index (χ2n) is 14.5. The highest BCUT2D eigenvalue weighted by atomic mass is 15.1. The molecule has 0 bridgehead atoms. The summed E-state index contributed by atoms with van der Waals surface area (Å²) in [6, 6.07) is 32.9. The molecule has 0 spiro atoms. The zero-order chi connectivity index (χ0) is 31.8. The first kappa shape index (κ1) is 28.4. The van der Waals surface area contributed by atoms with Gasteiger partial charge in [-0.05, 0) is 66.9 Å². The van der Waals surface area contributed by atoms with Crippen molar-refractivity contribution in [3.8, 4) is 22.8 Å². The fourth-order valence-corrected chi connectivity index (χ4v) is 6.83. The first-order valence-electron chi connectivity index (χ1n) is 16.3. The van der Waals surface area contributed by atoms with Crippen molar-refractivity contribution in [3.63, 3.8) is 0 Å². The van der Waals surface area contributed by atoms with E-state index in [0.717, 1.165) is 47.3 Å². The van der Waals surface area contributed by atoms with Gasteiger partial charge in [-0.2, -0.15) is 0 Å². The lowest BCUT2D eigenvalue weighted by Gasteiger charge is -2.23. The minimum absolute atomic E-state index is 0.217. The van der Waals surface area contributed by atoms with Crippen LogP contribution in [0.5, 0.6) is 0 Å². The molecule has 3 aromatic heterocycles. The monoisotopic (exact) mass is 601 g/mol. The van der Waals surface area contributed by atoms with Crippen molar-refractivity contribution >= 4 is 38.8 Å². The van der Waals surface area contributed by atoms with Crippen LogP contribution in [-0.2, 0) is 17.3 Å². The number of hydrogen-bond donors (Lipinski definition) is 0. The second kappa shape index (κ2) is 10.2. The van der Waals surface area contributed by atoms with Gasteiger partial charge in [-0.15, -0.1) is 0 Å². The van der Waals surface area contributed by atoms with E-state index in [-0.39, 0.29) is 10.8 Å². The number of benzene rings is 4. The number of nitrogens with zero attached hydrogens (tertiary/aromatic N) is 5. The van der Waals surface area contributed by atoms with Crippen molar-refractivity contribution in [3.05, 3.63) is 120 Å². The quantitative estimate of drug-likeness (QED) is 0.202. The Morgan fingerprint density at radius 3 is 1.98 bits per heavy atom. The summed E-state index contributed by atoms with van der Waals surface area (Å²) in [5.41, 5.74) is 9.04. The zero-order valence-corrected chi connectivity index (χ0v) is 27.5. The summed E-state index contributed by atoms with van der Waals surface area (Å²) in [6.45, 7) is 13.0. The summed E-state index contributed by atoms with van der Waals surface area (Å²) < 4.78 is 4.85. The Morgan fingerprint density at radius 1 is 0.587 bits per heavy atom. The zero-order valence-electron chi connectivity index (χ0n) is 27.5. The van der Waals surface area contributed by atoms with E-state index in [2.05, 4.69) is 154 Å². The summed E-state index contributed by atoms with van der Waals surface area (Å²) in [5.74, 6) is 2.34. The number of allylic oxidation sites excluding steroid dienone is 1. The molecule has 46 heavy (non-hydrogen) atoms. The van der Waals surface area contributed by atoms with Gasteiger partial charge in [0.15, 0.2) is 5.82 Å². The maximum atomic E-state index is 5.13. The van der Waals surface area contributed by atoms with Crippen LogP contribution in [0.4, 0.5) is 0 Å². The molecule has 3 heterocycles. The third-order valence-electron chi connectivity index (χ3n) is 9.12. The molecule has 0 fully saturated rings. The molecule has 228 valence electrons. The maximum absolute atomic E-state index is 5.13. The van der Waals surface area contributed by atoms with Crippen LogP contribution in [0.2, 0.25) is 0 Å². The Hall–Kier alpha value is -5.03. The van der Waals surface area contributed by atoms with E-state index >= 15 is 0 Å². The van der Waals surface area contributed by atoms with Gasteiger partial charge in [0, 0.05) is 43.9 Å². The van der Waals surface area contributed by atoms with Crippen molar-refractivity contribution in [1.29, 1.82) is 0 Å². The van der Waals surface area contributed by atoms with Gasteiger partial charge >= 0.3 is 0 Å². The van der Waals surface area contributed by atoms with Crippen LogP contribution < -0.4 is 0 Å². The normalized spacial score (nSPS) is 13.6. The van der Waals surface area contributed by atoms with Crippen LogP contribution in [0.1, 0.15) is 70.9 Å². The molecule has 7 aromatic rings. The number of hydrogen-bond acceptors (Lipinski definition) is 3. The summed E-state index contributed by atoms with van der Waals surface area (Å²) in [4.78, 5) is 15.2. The fourth-order valence-electron chi connectivity index (χ4n) is 6.83. The number of rotatable bonds is 3. The van der Waals surface area contributed by atoms with Gasteiger partial charge in [0.1, 0.15) is 11.6 Å². The van der Waals surface area contributed by atoms with Crippen molar-refractivity contribution in [2.75, 3.05) is 0 Å². The molecule has 0 amide bonds. The highest BCUT2D eigenvalue weighted by molar-refractivity contribution is 6.14. The number of para-hydroxylation sites is 3. The molecule has 0 saturated heterocycles. The third kappa shape index (κ3) is 4.48. The van der Waals surface area contributed by atoms with Crippen LogP contribution in [-0.4, -0.2) is 24.1 Å². The van der Waals surface area contributed by atoms with E-state index in [1.807, 2.05) is 0 Å². The molecule has 1 aliphatic carbocycles. The SMILES string of the molecule is CC(C)(C)c1nc(-c2ccccc2-n2c3c(c4cc5c6ccccc6n(-c6ccccc6)c5cc42)CCC=C3)nc(C(C)(C)C)n1. The Bertz CT molecular complexity index is 2290. The topological polar surface area (TPSA) is 48.5 Å². The van der Waals surface area contributed by atoms with Crippen LogP contribution in [0.15, 0.2) is 97.1 Å². The second-order valence-corrected chi connectivity index (χ2v) is 14.5. The standard InChI is InChI=1S/C41H39N5/c1-40(2,3)38-42-37(43-39(44-38)41(4,5)6)29-20-12-15-23-34(29)46-33-22-14-11-19-28(33)31-24-30-27-18-10-13-21-32(27)45(35(30)25-36(31)46)26-16-8-7-9-17-26/h7-10,12-18,20-25H,11,19H2,1-6H3. The average Bonchev–Trinajstić information content (AvgIpc) is 3.55. The van der Waals surface area contributed by atoms with Crippen LogP contribution in [0.25, 0.3) is 61.5 Å². The van der Waals surface area contributed by atoms with Crippen molar-refractivity contribution < 1.29 is 0 Å². The minimum Gasteiger partial charge on any atom is -0.309 e. The molecule has 0 N–H and O–H groups in total. The highest BCUT2D eigenvalue weighted by Crippen LogP contribution is 2.41. The Labute approximate surface area is 270 Å². The molecular formula is C41H39N5. The first-order valence-corrected chi connectivity index (χ1v) is 16.3. The molecule has 0 radical (unpaired) electrons. The van der Waals surface area contributed by atoms with Gasteiger partial charge in [0.2, 0.25) is 0 Å². The van der Waals surface area contributed by atoms with Crippen molar-refractivity contribution in [1.82, 2.24) is 24.1 Å². The van der Waals surface area contributed by atoms with Gasteiger partial charge < -0.3 is 9.13 Å². The van der Waals surface area contributed by atoms with Crippen LogP contribution in [0, 0.1) is 0 Å². The highest BCUT2D eigenvalue weighted by Gasteiger charge is 2.28. The van der Waals surface area contributed by atoms with Crippen LogP contribution in [0.3, 0.4) is 0 Å². The molecule has 1 aliphatic rings. The van der Waals surface area contributed by atoms with Gasteiger partial charge in [0.25, 0.3) is 0 Å². The Kier molecular flexibility index (Phi) is 6.34. The lowest BCUT2D eigenvalue weighted by molar-refractivity contribution is 0.497. The number of fused-ring (bicyclic) bond motifs is 6. The number of aromatic nitrogens is 5. The summed E-state index contributed by atoms with van der Waals surface area (Å²) in [5, 5.41) is 3.85. The molecular weight excluding hydrogens is 562 g/mol. The average molecular weight is 602 g/mol. The van der Waals surface area contributed by atoms with E-state index in [1.54, 1.807) is 0 Å². The largest absolute Gasteiger partial charge is 0.309 e. The van der Waals surface area contributed by atoms with Crippen molar-refractivity contribution in [2.24, 2.45) is 0 Å². The van der Waals surface area contributed by atoms with E-state index < -0.39 is 0 Å². The molecule has 0 saturated carbocycles. The molecule has 5 heteroatoms. The molecule has 0 atom stereocenters. The van der Waals surface area contributed by atoms with E-state index in [9.17, 15) is 0 Å². The van der Waals surface area contributed by atoms with Gasteiger partial charge in [-0.25, -0.2) is 15.0 Å². The minimum atomic E-state index is -0.217. The molecule has 0 unspecified atom stereocenters. The molecule has 4 aromatic carbocycles. The smallest absolute Gasteiger partial charge is 0.165 e. The summed E-state index contributed by atoms with van der Waals surface area (Å²) in [6.07, 6.45) is 6.65. The summed E-state index contributed by atoms with van der Waals surface area (Å²) >= 11 is 0. The van der Waals surface area contributed by atoms with Crippen LogP contribution >= 0.6 is 0 Å². The number of aryl methyl sites for hydroxylation is 1. The lowest BCUT2D eigenvalue weighted by Crippen LogP contribution is -2.24. The molecule has 0 aliphatic heterocycles. The lowest BCUT2D eigenvalue weighted by atomic mass is 9.93. The first-order chi connectivity index (χ1) is 22.1. The Balaban J connectivity index is 1.47. The fraction of sp³-hybridized carbons (Fsp3) is 0.244. The van der Waals surface area contributed by atoms with Gasteiger partial charge in [-0.3, -0.25) is 0 Å². The van der Waals surface area contributed by atoms with Gasteiger partial charge in [-0.1, -0.05) is 96.1 Å². The third-order valence-corrected chi connectivity index (χ3v) is 9.12. The van der Waals surface area contributed by atoms with Gasteiger partial charge in [0.05, 0.1) is 22.2 Å². The molecule has 5 nitrogen and oxygen atoms in total. The summed E-state index contributed by atoms with van der Waals surface area (Å²) in [7, 11) is 0. The van der Waals surface area contributed by atoms with Crippen molar-refractivity contribution in [2.45, 2.75) is 65.2 Å². The predicted molar refractivity (Wildman–Crippen MR) is 191 cm³/mol. The molecule has 8 rings (SSSR count). The maximum Gasteiger partial charge on any atom is 0.165 e. The Morgan fingerprint density at radius 2 is 1.24 bits per heavy atom. The van der Waals surface area contributed by atoms with E-state index in [1.165, 1.54) is 44.0 Å². The van der Waals surface area contributed by atoms with E-state index in [0.29, 0.717) is 0 Å². The predicted octanol–water partition coefficient (Wildman–Crippen LogP) is 10.1.